The molecule has 1 aromatic heterocycles. The predicted octanol–water partition coefficient (Wildman–Crippen LogP) is 2.59. The summed E-state index contributed by atoms with van der Waals surface area (Å²) < 4.78 is 7.71. The first-order chi connectivity index (χ1) is 10.9. The van der Waals surface area contributed by atoms with Gasteiger partial charge >= 0.3 is 0 Å². The summed E-state index contributed by atoms with van der Waals surface area (Å²) in [5.74, 6) is 1.73. The van der Waals surface area contributed by atoms with Crippen LogP contribution in [0.1, 0.15) is 32.2 Å². The molecule has 5 heteroatoms. The molecule has 0 aliphatic heterocycles. The molecule has 0 radical (unpaired) electrons. The maximum Gasteiger partial charge on any atom is 0.146 e. The Labute approximate surface area is 138 Å². The molecular formula is C18H27N3O2. The van der Waals surface area contributed by atoms with Crippen LogP contribution in [0.4, 0.5) is 0 Å². The number of rotatable bonds is 8. The first-order valence-electron chi connectivity index (χ1n) is 8.00. The molecule has 0 amide bonds. The highest BCUT2D eigenvalue weighted by Crippen LogP contribution is 2.16. The molecule has 1 heterocycles. The zero-order valence-corrected chi connectivity index (χ0v) is 14.5. The fourth-order valence-corrected chi connectivity index (χ4v) is 2.46. The minimum absolute atomic E-state index is 0.461. The Morgan fingerprint density at radius 1 is 1.26 bits per heavy atom. The van der Waals surface area contributed by atoms with Crippen LogP contribution < -0.4 is 4.74 Å². The average Bonchev–Trinajstić information content (AvgIpc) is 2.90. The van der Waals surface area contributed by atoms with Gasteiger partial charge in [-0.15, -0.1) is 0 Å². The molecule has 2 rings (SSSR count). The van der Waals surface area contributed by atoms with Crippen molar-refractivity contribution in [2.75, 3.05) is 13.1 Å². The molecule has 0 atom stereocenters. The third kappa shape index (κ3) is 5.69. The summed E-state index contributed by atoms with van der Waals surface area (Å²) in [7, 11) is 1.96. The first kappa shape index (κ1) is 17.5. The van der Waals surface area contributed by atoms with Crippen LogP contribution in [0.3, 0.4) is 0 Å². The van der Waals surface area contributed by atoms with Gasteiger partial charge in [-0.1, -0.05) is 19.1 Å². The molecule has 23 heavy (non-hydrogen) atoms. The number of ether oxygens (including phenoxy) is 1. The number of aryl methyl sites for hydroxylation is 1. The lowest BCUT2D eigenvalue weighted by Crippen LogP contribution is -2.38. The van der Waals surface area contributed by atoms with Gasteiger partial charge in [0.05, 0.1) is 5.60 Å². The zero-order valence-electron chi connectivity index (χ0n) is 14.5. The minimum atomic E-state index is -0.679. The Morgan fingerprint density at radius 3 is 2.48 bits per heavy atom. The van der Waals surface area contributed by atoms with E-state index in [0.717, 1.165) is 24.7 Å². The van der Waals surface area contributed by atoms with Crippen LogP contribution in [-0.2, 0) is 20.2 Å². The van der Waals surface area contributed by atoms with Crippen molar-refractivity contribution < 1.29 is 9.84 Å². The molecule has 0 unspecified atom stereocenters. The fraction of sp³-hybridized carbons (Fsp3) is 0.500. The first-order valence-corrected chi connectivity index (χ1v) is 8.00. The van der Waals surface area contributed by atoms with E-state index in [2.05, 4.69) is 28.9 Å². The summed E-state index contributed by atoms with van der Waals surface area (Å²) in [5, 5.41) is 9.95. The summed E-state index contributed by atoms with van der Waals surface area (Å²) in [6, 6.07) is 8.11. The average molecular weight is 317 g/mol. The monoisotopic (exact) mass is 317 g/mol. The minimum Gasteiger partial charge on any atom is -0.486 e. The number of benzene rings is 1. The highest BCUT2D eigenvalue weighted by atomic mass is 16.5. The van der Waals surface area contributed by atoms with Crippen molar-refractivity contribution in [2.24, 2.45) is 7.05 Å². The van der Waals surface area contributed by atoms with E-state index in [1.807, 2.05) is 43.8 Å². The second-order valence-electron chi connectivity index (χ2n) is 6.50. The number of aliphatic hydroxyl groups is 1. The molecule has 1 aromatic carbocycles. The summed E-state index contributed by atoms with van der Waals surface area (Å²) in [5.41, 5.74) is 0.529. The van der Waals surface area contributed by atoms with Gasteiger partial charge in [0, 0.05) is 32.5 Å². The van der Waals surface area contributed by atoms with E-state index >= 15 is 0 Å². The van der Waals surface area contributed by atoms with Gasteiger partial charge in [0.1, 0.15) is 18.2 Å². The summed E-state index contributed by atoms with van der Waals surface area (Å²) in [6.45, 7) is 8.62. The van der Waals surface area contributed by atoms with Gasteiger partial charge in [-0.25, -0.2) is 4.98 Å². The van der Waals surface area contributed by atoms with Gasteiger partial charge in [-0.3, -0.25) is 4.90 Å². The molecule has 1 N–H and O–H groups in total. The Kier molecular flexibility index (Phi) is 5.80. The molecule has 0 fully saturated rings. The van der Waals surface area contributed by atoms with Gasteiger partial charge in [-0.05, 0) is 38.1 Å². The summed E-state index contributed by atoms with van der Waals surface area (Å²) in [4.78, 5) is 6.47. The number of imidazole rings is 1. The van der Waals surface area contributed by atoms with Gasteiger partial charge in [0.25, 0.3) is 0 Å². The van der Waals surface area contributed by atoms with E-state index in [-0.39, 0.29) is 0 Å². The second-order valence-corrected chi connectivity index (χ2v) is 6.50. The standard InChI is InChI=1S/C18H27N3O2/c1-5-21(14-18(2,3)22)12-15-6-8-16(9-7-15)23-13-17-19-10-11-20(17)4/h6-11,22H,5,12-14H2,1-4H3. The lowest BCUT2D eigenvalue weighted by atomic mass is 10.1. The van der Waals surface area contributed by atoms with Crippen molar-refractivity contribution in [3.63, 3.8) is 0 Å². The van der Waals surface area contributed by atoms with E-state index in [1.165, 1.54) is 5.56 Å². The summed E-state index contributed by atoms with van der Waals surface area (Å²) in [6.07, 6.45) is 3.67. The molecule has 0 aliphatic carbocycles. The van der Waals surface area contributed by atoms with Gasteiger partial charge < -0.3 is 14.4 Å². The van der Waals surface area contributed by atoms with Gasteiger partial charge in [0.2, 0.25) is 0 Å². The third-order valence-electron chi connectivity index (χ3n) is 3.68. The molecule has 2 aromatic rings. The molecule has 5 nitrogen and oxygen atoms in total. The van der Waals surface area contributed by atoms with E-state index in [1.54, 1.807) is 6.20 Å². The van der Waals surface area contributed by atoms with Crippen molar-refractivity contribution in [1.29, 1.82) is 0 Å². The van der Waals surface area contributed by atoms with Crippen LogP contribution in [-0.4, -0.2) is 38.2 Å². The van der Waals surface area contributed by atoms with Crippen LogP contribution in [0, 0.1) is 0 Å². The molecule has 0 bridgehead atoms. The Balaban J connectivity index is 1.90. The zero-order chi connectivity index (χ0) is 16.9. The Hall–Kier alpha value is -1.85. The molecule has 0 aliphatic rings. The van der Waals surface area contributed by atoms with Crippen molar-refractivity contribution in [3.8, 4) is 5.75 Å². The highest BCUT2D eigenvalue weighted by Gasteiger charge is 2.17. The second kappa shape index (κ2) is 7.62. The topological polar surface area (TPSA) is 50.5 Å². The predicted molar refractivity (Wildman–Crippen MR) is 91.2 cm³/mol. The highest BCUT2D eigenvalue weighted by molar-refractivity contribution is 5.27. The Bertz CT molecular complexity index is 599. The fourth-order valence-electron chi connectivity index (χ4n) is 2.46. The maximum atomic E-state index is 9.95. The lowest BCUT2D eigenvalue weighted by molar-refractivity contribution is 0.0353. The summed E-state index contributed by atoms with van der Waals surface area (Å²) >= 11 is 0. The molecule has 126 valence electrons. The van der Waals surface area contributed by atoms with Crippen LogP contribution in [0.2, 0.25) is 0 Å². The van der Waals surface area contributed by atoms with E-state index in [9.17, 15) is 5.11 Å². The maximum absolute atomic E-state index is 9.95. The van der Waals surface area contributed by atoms with E-state index in [4.69, 9.17) is 4.74 Å². The smallest absolute Gasteiger partial charge is 0.146 e. The Morgan fingerprint density at radius 2 is 1.96 bits per heavy atom. The van der Waals surface area contributed by atoms with Crippen molar-refractivity contribution >= 4 is 0 Å². The quantitative estimate of drug-likeness (QED) is 0.813. The third-order valence-corrected chi connectivity index (χ3v) is 3.68. The van der Waals surface area contributed by atoms with Crippen molar-refractivity contribution in [2.45, 2.75) is 39.5 Å². The number of nitrogens with zero attached hydrogens (tertiary/aromatic N) is 3. The SMILES string of the molecule is CCN(Cc1ccc(OCc2nccn2C)cc1)CC(C)(C)O. The van der Waals surface area contributed by atoms with Crippen molar-refractivity contribution in [1.82, 2.24) is 14.5 Å². The number of likely N-dealkylation sites (N-methyl/N-ethyl adjacent to an activating group) is 1. The number of hydrogen-bond donors (Lipinski definition) is 1. The largest absolute Gasteiger partial charge is 0.486 e. The molecule has 0 saturated carbocycles. The van der Waals surface area contributed by atoms with Gasteiger partial charge in [-0.2, -0.15) is 0 Å². The van der Waals surface area contributed by atoms with Crippen LogP contribution in [0.15, 0.2) is 36.7 Å². The number of hydrogen-bond acceptors (Lipinski definition) is 4. The van der Waals surface area contributed by atoms with E-state index in [0.29, 0.717) is 13.2 Å². The lowest BCUT2D eigenvalue weighted by Gasteiger charge is -2.28. The molecule has 0 spiro atoms. The normalized spacial score (nSPS) is 11.9. The van der Waals surface area contributed by atoms with E-state index < -0.39 is 5.60 Å². The van der Waals surface area contributed by atoms with Crippen LogP contribution in [0.5, 0.6) is 5.75 Å². The van der Waals surface area contributed by atoms with Crippen molar-refractivity contribution in [3.05, 3.63) is 48.0 Å². The number of aromatic nitrogens is 2. The molecular weight excluding hydrogens is 290 g/mol. The molecule has 0 saturated heterocycles. The van der Waals surface area contributed by atoms with Crippen LogP contribution in [0.25, 0.3) is 0 Å². The van der Waals surface area contributed by atoms with Gasteiger partial charge in [0.15, 0.2) is 0 Å². The van der Waals surface area contributed by atoms with Crippen LogP contribution >= 0.6 is 0 Å².